The van der Waals surface area contributed by atoms with E-state index in [0.717, 1.165) is 0 Å². The lowest BCUT2D eigenvalue weighted by Crippen LogP contribution is -2.69. The van der Waals surface area contributed by atoms with Gasteiger partial charge in [0.05, 0.1) is 11.1 Å². The van der Waals surface area contributed by atoms with Crippen LogP contribution in [0, 0.1) is 0 Å². The van der Waals surface area contributed by atoms with E-state index in [9.17, 15) is 13.2 Å². The van der Waals surface area contributed by atoms with Crippen LogP contribution in [-0.4, -0.2) is 17.1 Å². The lowest BCUT2D eigenvalue weighted by atomic mass is 10.1. The molecule has 1 aliphatic heterocycles. The number of aromatic nitrogens is 1. The molecule has 0 saturated heterocycles. The number of nitrogens with two attached hydrogens (primary N) is 1. The van der Waals surface area contributed by atoms with E-state index in [-0.39, 0.29) is 0 Å². The molecule has 0 aliphatic carbocycles. The van der Waals surface area contributed by atoms with Crippen LogP contribution in [0.3, 0.4) is 0 Å². The first kappa shape index (κ1) is 14.0. The third-order valence-corrected chi connectivity index (χ3v) is 2.65. The number of hydrogen-bond acceptors (Lipinski definition) is 3. The standard InChI is InChI=1S/C11H8N2.C2HF3O2/c1-2-4-10-8(3-1)9-7-12-6-5-11(9)13-10;3-2(4,5)1(6)7/h1-7,13H;(H,6,7). The van der Waals surface area contributed by atoms with Crippen LogP contribution in [0.15, 0.2) is 42.7 Å². The Bertz CT molecular complexity index is 598. The summed E-state index contributed by atoms with van der Waals surface area (Å²) in [4.78, 5) is 12.9. The Kier molecular flexibility index (Phi) is 3.71. The predicted molar refractivity (Wildman–Crippen MR) is 62.0 cm³/mol. The summed E-state index contributed by atoms with van der Waals surface area (Å²) in [6.45, 7) is 0. The molecule has 2 heterocycles. The predicted octanol–water partition coefficient (Wildman–Crippen LogP) is 0.887. The van der Waals surface area contributed by atoms with E-state index in [1.807, 2.05) is 12.4 Å². The van der Waals surface area contributed by atoms with Crippen LogP contribution in [0.2, 0.25) is 0 Å². The van der Waals surface area contributed by atoms with E-state index < -0.39 is 12.1 Å². The summed E-state index contributed by atoms with van der Waals surface area (Å²) in [5, 5.41) is 11.0. The minimum atomic E-state index is -5.19. The highest BCUT2D eigenvalue weighted by Gasteiger charge is 2.28. The quantitative estimate of drug-likeness (QED) is 0.622. The number of carbonyl (C=O) groups is 1. The van der Waals surface area contributed by atoms with E-state index in [2.05, 4.69) is 40.6 Å². The molecule has 3 rings (SSSR count). The van der Waals surface area contributed by atoms with Gasteiger partial charge >= 0.3 is 6.18 Å². The van der Waals surface area contributed by atoms with Crippen molar-refractivity contribution in [2.75, 3.05) is 0 Å². The van der Waals surface area contributed by atoms with Crippen molar-refractivity contribution in [1.82, 2.24) is 4.98 Å². The molecule has 1 aliphatic rings. The first-order valence-corrected chi connectivity index (χ1v) is 5.56. The largest absolute Gasteiger partial charge is 0.542 e. The van der Waals surface area contributed by atoms with Crippen molar-refractivity contribution in [3.8, 4) is 11.1 Å². The number of rotatable bonds is 0. The Morgan fingerprint density at radius 3 is 2.35 bits per heavy atom. The summed E-state index contributed by atoms with van der Waals surface area (Å²) in [7, 11) is 0. The number of halogens is 3. The molecular formula is C13H9F3N2O2. The lowest BCUT2D eigenvalue weighted by Gasteiger charge is -2.03. The second-order valence-corrected chi connectivity index (χ2v) is 3.98. The van der Waals surface area contributed by atoms with Gasteiger partial charge in [0.1, 0.15) is 17.3 Å². The average molecular weight is 282 g/mol. The molecule has 0 spiro atoms. The van der Waals surface area contributed by atoms with Crippen LogP contribution >= 0.6 is 0 Å². The zero-order chi connectivity index (χ0) is 14.8. The van der Waals surface area contributed by atoms with Gasteiger partial charge < -0.3 is 9.90 Å². The van der Waals surface area contributed by atoms with Crippen molar-refractivity contribution >= 4 is 17.3 Å². The van der Waals surface area contributed by atoms with Gasteiger partial charge in [0.15, 0.2) is 0 Å². The molecule has 1 aromatic heterocycles. The van der Waals surface area contributed by atoms with Gasteiger partial charge in [0.2, 0.25) is 0 Å². The van der Waals surface area contributed by atoms with E-state index in [1.165, 1.54) is 22.5 Å². The third-order valence-electron chi connectivity index (χ3n) is 2.65. The molecule has 0 amide bonds. The van der Waals surface area contributed by atoms with Gasteiger partial charge in [-0.25, -0.2) is 0 Å². The maximum atomic E-state index is 10.5. The molecule has 7 heteroatoms. The fourth-order valence-corrected chi connectivity index (χ4v) is 1.79. The minimum Gasteiger partial charge on any atom is -0.542 e. The Labute approximate surface area is 111 Å². The minimum absolute atomic E-state index is 1.25. The van der Waals surface area contributed by atoms with Gasteiger partial charge in [-0.1, -0.05) is 12.1 Å². The molecule has 4 nitrogen and oxygen atoms in total. The average Bonchev–Trinajstić information content (AvgIpc) is 2.77. The summed E-state index contributed by atoms with van der Waals surface area (Å²) in [6, 6.07) is 10.5. The van der Waals surface area contributed by atoms with Crippen molar-refractivity contribution < 1.29 is 28.4 Å². The third kappa shape index (κ3) is 2.94. The Balaban J connectivity index is 0.000000182. The van der Waals surface area contributed by atoms with Gasteiger partial charge in [-0.3, -0.25) is 10.3 Å². The van der Waals surface area contributed by atoms with Crippen LogP contribution in [0.4, 0.5) is 24.5 Å². The summed E-state index contributed by atoms with van der Waals surface area (Å²) < 4.78 is 31.5. The first-order chi connectivity index (χ1) is 9.39. The number of pyridine rings is 1. The molecule has 2 aromatic rings. The number of carboxylic acid groups (broad SMARTS) is 1. The highest BCUT2D eigenvalue weighted by molar-refractivity contribution is 5.83. The van der Waals surface area contributed by atoms with Gasteiger partial charge in [-0.15, -0.1) is 0 Å². The smallest absolute Gasteiger partial charge is 0.430 e. The number of carboxylic acids is 1. The molecule has 0 bridgehead atoms. The SMILES string of the molecule is O=C([O-])C(F)(F)F.c1ccc2c(c1)[NH2+]c1ccncc1-2. The van der Waals surface area contributed by atoms with E-state index >= 15 is 0 Å². The molecule has 0 atom stereocenters. The van der Waals surface area contributed by atoms with Crippen molar-refractivity contribution in [3.63, 3.8) is 0 Å². The van der Waals surface area contributed by atoms with Crippen LogP contribution < -0.4 is 10.4 Å². The molecular weight excluding hydrogens is 273 g/mol. The van der Waals surface area contributed by atoms with Crippen LogP contribution in [0.25, 0.3) is 11.1 Å². The Hall–Kier alpha value is -2.41. The Morgan fingerprint density at radius 2 is 1.70 bits per heavy atom. The molecule has 2 N–H and O–H groups in total. The number of quaternary nitrogens is 1. The van der Waals surface area contributed by atoms with E-state index in [1.54, 1.807) is 0 Å². The summed E-state index contributed by atoms with van der Waals surface area (Å²) in [6.07, 6.45) is -1.43. The lowest BCUT2D eigenvalue weighted by molar-refractivity contribution is -0.473. The molecule has 20 heavy (non-hydrogen) atoms. The van der Waals surface area contributed by atoms with Crippen molar-refractivity contribution in [1.29, 1.82) is 0 Å². The van der Waals surface area contributed by atoms with Gasteiger partial charge in [-0.2, -0.15) is 13.2 Å². The maximum absolute atomic E-state index is 10.5. The van der Waals surface area contributed by atoms with Gasteiger partial charge in [-0.05, 0) is 6.07 Å². The molecule has 0 radical (unpaired) electrons. The fourth-order valence-electron chi connectivity index (χ4n) is 1.79. The summed E-state index contributed by atoms with van der Waals surface area (Å²) in [5.41, 5.74) is 5.12. The number of carbonyl (C=O) groups excluding carboxylic acids is 1. The van der Waals surface area contributed by atoms with Crippen molar-refractivity contribution in [2.24, 2.45) is 0 Å². The zero-order valence-electron chi connectivity index (χ0n) is 10.0. The second-order valence-electron chi connectivity index (χ2n) is 3.98. The number of alkyl halides is 3. The number of fused-ring (bicyclic) bond motifs is 3. The molecule has 1 aromatic carbocycles. The van der Waals surface area contributed by atoms with Crippen molar-refractivity contribution in [3.05, 3.63) is 42.7 Å². The molecule has 0 saturated carbocycles. The number of benzene rings is 1. The maximum Gasteiger partial charge on any atom is 0.430 e. The van der Waals surface area contributed by atoms with Crippen LogP contribution in [-0.2, 0) is 4.79 Å². The van der Waals surface area contributed by atoms with Gasteiger partial charge in [0, 0.05) is 24.5 Å². The molecule has 104 valence electrons. The number of para-hydroxylation sites is 1. The topological polar surface area (TPSA) is 69.6 Å². The number of aliphatic carboxylic acids is 1. The molecule has 0 fully saturated rings. The molecule has 0 unspecified atom stereocenters. The van der Waals surface area contributed by atoms with E-state index in [4.69, 9.17) is 9.90 Å². The van der Waals surface area contributed by atoms with Gasteiger partial charge in [0.25, 0.3) is 0 Å². The van der Waals surface area contributed by atoms with Crippen molar-refractivity contribution in [2.45, 2.75) is 6.18 Å². The second kappa shape index (κ2) is 5.30. The van der Waals surface area contributed by atoms with Crippen LogP contribution in [0.5, 0.6) is 0 Å². The number of nitrogens with zero attached hydrogens (tertiary/aromatic N) is 1. The highest BCUT2D eigenvalue weighted by atomic mass is 19.4. The first-order valence-electron chi connectivity index (χ1n) is 5.56. The van der Waals surface area contributed by atoms with E-state index in [0.29, 0.717) is 0 Å². The monoisotopic (exact) mass is 282 g/mol. The normalized spacial score (nSPS) is 11.9. The fraction of sp³-hybridized carbons (Fsp3) is 0.0769. The highest BCUT2D eigenvalue weighted by Crippen LogP contribution is 2.33. The van der Waals surface area contributed by atoms with Crippen LogP contribution in [0.1, 0.15) is 0 Å². The Morgan fingerprint density at radius 1 is 1.10 bits per heavy atom. The zero-order valence-corrected chi connectivity index (χ0v) is 10.0. The summed E-state index contributed by atoms with van der Waals surface area (Å²) >= 11 is 0. The number of hydrogen-bond donors (Lipinski definition) is 1. The summed E-state index contributed by atoms with van der Waals surface area (Å²) in [5.74, 6) is -3.01.